The Balaban J connectivity index is 2.62. The zero-order chi connectivity index (χ0) is 15.8. The van der Waals surface area contributed by atoms with E-state index in [1.54, 1.807) is 12.1 Å². The molecule has 21 heavy (non-hydrogen) atoms. The highest BCUT2D eigenvalue weighted by Gasteiger charge is 2.14. The maximum Gasteiger partial charge on any atom is 0.338 e. The lowest BCUT2D eigenvalue weighted by Crippen LogP contribution is -2.35. The third-order valence-corrected chi connectivity index (χ3v) is 2.97. The van der Waals surface area contributed by atoms with Gasteiger partial charge in [-0.3, -0.25) is 4.79 Å². The molecule has 0 radical (unpaired) electrons. The van der Waals surface area contributed by atoms with E-state index in [0.717, 1.165) is 6.42 Å². The molecular weight excluding hydrogens is 274 g/mol. The monoisotopic (exact) mass is 295 g/mol. The summed E-state index contributed by atoms with van der Waals surface area (Å²) < 4.78 is 15.2. The van der Waals surface area contributed by atoms with Crippen LogP contribution in [0, 0.1) is 0 Å². The Bertz CT molecular complexity index is 501. The molecule has 0 aliphatic rings. The van der Waals surface area contributed by atoms with Crippen molar-refractivity contribution in [2.45, 2.75) is 26.3 Å². The number of ether oxygens (including phenoxy) is 3. The fourth-order valence-corrected chi connectivity index (χ4v) is 1.60. The van der Waals surface area contributed by atoms with E-state index < -0.39 is 5.97 Å². The van der Waals surface area contributed by atoms with E-state index in [1.165, 1.54) is 20.3 Å². The molecule has 0 aliphatic carbocycles. The number of carbonyl (C=O) groups is 2. The van der Waals surface area contributed by atoms with E-state index >= 15 is 0 Å². The van der Waals surface area contributed by atoms with Crippen LogP contribution in [-0.4, -0.2) is 38.7 Å². The van der Waals surface area contributed by atoms with Crippen LogP contribution in [0.2, 0.25) is 0 Å². The van der Waals surface area contributed by atoms with E-state index in [0.29, 0.717) is 17.1 Å². The summed E-state index contributed by atoms with van der Waals surface area (Å²) in [6.07, 6.45) is 0.815. The normalized spacial score (nSPS) is 11.4. The minimum atomic E-state index is -0.588. The maximum atomic E-state index is 11.9. The molecule has 0 saturated carbocycles. The number of rotatable bonds is 7. The lowest BCUT2D eigenvalue weighted by atomic mass is 10.2. The summed E-state index contributed by atoms with van der Waals surface area (Å²) in [5.41, 5.74) is 0.295. The van der Waals surface area contributed by atoms with E-state index in [9.17, 15) is 9.59 Å². The lowest BCUT2D eigenvalue weighted by Gasteiger charge is -2.12. The van der Waals surface area contributed by atoms with Crippen molar-refractivity contribution in [3.63, 3.8) is 0 Å². The van der Waals surface area contributed by atoms with Gasteiger partial charge >= 0.3 is 5.97 Å². The number of hydrogen-bond acceptors (Lipinski definition) is 5. The second-order valence-corrected chi connectivity index (χ2v) is 4.52. The van der Waals surface area contributed by atoms with Crippen LogP contribution in [0.4, 0.5) is 0 Å². The van der Waals surface area contributed by atoms with Crippen LogP contribution in [0.3, 0.4) is 0 Å². The second-order valence-electron chi connectivity index (χ2n) is 4.52. The van der Waals surface area contributed by atoms with Gasteiger partial charge < -0.3 is 19.5 Å². The maximum absolute atomic E-state index is 11.9. The third kappa shape index (κ3) is 4.98. The van der Waals surface area contributed by atoms with Gasteiger partial charge in [0.15, 0.2) is 18.1 Å². The molecule has 0 saturated heterocycles. The highest BCUT2D eigenvalue weighted by Crippen LogP contribution is 2.27. The summed E-state index contributed by atoms with van der Waals surface area (Å²) in [6, 6.07) is 4.72. The molecule has 0 unspecified atom stereocenters. The summed E-state index contributed by atoms with van der Waals surface area (Å²) in [7, 11) is 2.99. The largest absolute Gasteiger partial charge is 0.493 e. The molecule has 1 atom stereocenters. The molecule has 1 N–H and O–H groups in total. The standard InChI is InChI=1S/C15H21NO5/c1-5-10(2)16-14(17)9-21-15(18)11-6-7-12(19-3)13(8-11)20-4/h6-8,10H,5,9H2,1-4H3,(H,16,17)/t10-/m0/s1. The zero-order valence-electron chi connectivity index (χ0n) is 12.8. The van der Waals surface area contributed by atoms with Gasteiger partial charge in [0.25, 0.3) is 5.91 Å². The highest BCUT2D eigenvalue weighted by atomic mass is 16.5. The van der Waals surface area contributed by atoms with Crippen LogP contribution in [0.15, 0.2) is 18.2 Å². The third-order valence-electron chi connectivity index (χ3n) is 2.97. The van der Waals surface area contributed by atoms with Gasteiger partial charge in [-0.1, -0.05) is 6.92 Å². The van der Waals surface area contributed by atoms with Crippen LogP contribution in [0.1, 0.15) is 30.6 Å². The number of hydrogen-bond donors (Lipinski definition) is 1. The number of carbonyl (C=O) groups excluding carboxylic acids is 2. The van der Waals surface area contributed by atoms with E-state index in [4.69, 9.17) is 14.2 Å². The number of amides is 1. The van der Waals surface area contributed by atoms with Crippen molar-refractivity contribution < 1.29 is 23.8 Å². The minimum absolute atomic E-state index is 0.0530. The summed E-state index contributed by atoms with van der Waals surface area (Å²) >= 11 is 0. The first-order valence-electron chi connectivity index (χ1n) is 6.70. The quantitative estimate of drug-likeness (QED) is 0.776. The highest BCUT2D eigenvalue weighted by molar-refractivity contribution is 5.92. The molecule has 116 valence electrons. The Morgan fingerprint density at radius 2 is 1.86 bits per heavy atom. The van der Waals surface area contributed by atoms with Crippen molar-refractivity contribution in [1.82, 2.24) is 5.32 Å². The first-order chi connectivity index (χ1) is 10.0. The van der Waals surface area contributed by atoms with Crippen LogP contribution < -0.4 is 14.8 Å². The Morgan fingerprint density at radius 1 is 1.19 bits per heavy atom. The molecular formula is C15H21NO5. The summed E-state index contributed by atoms with van der Waals surface area (Å²) in [5.74, 6) is 0.0352. The van der Waals surface area contributed by atoms with Crippen molar-refractivity contribution in [1.29, 1.82) is 0 Å². The van der Waals surface area contributed by atoms with Crippen LogP contribution >= 0.6 is 0 Å². The molecule has 0 aromatic heterocycles. The van der Waals surface area contributed by atoms with Crippen molar-refractivity contribution >= 4 is 11.9 Å². The Kier molecular flexibility index (Phi) is 6.52. The molecule has 1 aromatic carbocycles. The van der Waals surface area contributed by atoms with E-state index in [1.807, 2.05) is 13.8 Å². The molecule has 1 rings (SSSR count). The Hall–Kier alpha value is -2.24. The molecule has 1 amide bonds. The van der Waals surface area contributed by atoms with Gasteiger partial charge in [0.2, 0.25) is 0 Å². The molecule has 0 spiro atoms. The van der Waals surface area contributed by atoms with Crippen molar-refractivity contribution in [3.8, 4) is 11.5 Å². The summed E-state index contributed by atoms with van der Waals surface area (Å²) in [6.45, 7) is 3.53. The molecule has 0 bridgehead atoms. The molecule has 0 aliphatic heterocycles. The fraction of sp³-hybridized carbons (Fsp3) is 0.467. The number of benzene rings is 1. The van der Waals surface area contributed by atoms with Gasteiger partial charge in [-0.2, -0.15) is 0 Å². The average molecular weight is 295 g/mol. The van der Waals surface area contributed by atoms with Gasteiger partial charge in [0, 0.05) is 6.04 Å². The lowest BCUT2D eigenvalue weighted by molar-refractivity contribution is -0.124. The average Bonchev–Trinajstić information content (AvgIpc) is 2.51. The van der Waals surface area contributed by atoms with Gasteiger partial charge in [-0.15, -0.1) is 0 Å². The topological polar surface area (TPSA) is 73.9 Å². The van der Waals surface area contributed by atoms with Crippen LogP contribution in [-0.2, 0) is 9.53 Å². The van der Waals surface area contributed by atoms with E-state index in [-0.39, 0.29) is 18.6 Å². The second kappa shape index (κ2) is 8.14. The smallest absolute Gasteiger partial charge is 0.338 e. The van der Waals surface area contributed by atoms with Crippen LogP contribution in [0.5, 0.6) is 11.5 Å². The van der Waals surface area contributed by atoms with E-state index in [2.05, 4.69) is 5.32 Å². The Labute approximate surface area is 124 Å². The van der Waals surface area contributed by atoms with Crippen molar-refractivity contribution in [2.75, 3.05) is 20.8 Å². The predicted molar refractivity (Wildman–Crippen MR) is 77.7 cm³/mol. The Morgan fingerprint density at radius 3 is 2.43 bits per heavy atom. The number of esters is 1. The zero-order valence-corrected chi connectivity index (χ0v) is 12.8. The first kappa shape index (κ1) is 16.8. The fourth-order valence-electron chi connectivity index (χ4n) is 1.60. The van der Waals surface area contributed by atoms with Crippen molar-refractivity contribution in [2.24, 2.45) is 0 Å². The number of nitrogens with one attached hydrogen (secondary N) is 1. The van der Waals surface area contributed by atoms with Crippen LogP contribution in [0.25, 0.3) is 0 Å². The SMILES string of the molecule is CC[C@H](C)NC(=O)COC(=O)c1ccc(OC)c(OC)c1. The van der Waals surface area contributed by atoms with Gasteiger partial charge in [-0.05, 0) is 31.5 Å². The van der Waals surface area contributed by atoms with Crippen molar-refractivity contribution in [3.05, 3.63) is 23.8 Å². The molecule has 6 heteroatoms. The molecule has 0 fully saturated rings. The van der Waals surface area contributed by atoms with Gasteiger partial charge in [-0.25, -0.2) is 4.79 Å². The first-order valence-corrected chi connectivity index (χ1v) is 6.70. The molecule has 1 aromatic rings. The predicted octanol–water partition coefficient (Wildman–Crippen LogP) is 1.78. The van der Waals surface area contributed by atoms with Gasteiger partial charge in [0.05, 0.1) is 19.8 Å². The molecule has 0 heterocycles. The minimum Gasteiger partial charge on any atom is -0.493 e. The van der Waals surface area contributed by atoms with Gasteiger partial charge in [0.1, 0.15) is 0 Å². The molecule has 6 nitrogen and oxygen atoms in total. The number of methoxy groups -OCH3 is 2. The summed E-state index contributed by atoms with van der Waals surface area (Å²) in [5, 5.41) is 2.72. The summed E-state index contributed by atoms with van der Waals surface area (Å²) in [4.78, 5) is 23.4.